The van der Waals surface area contributed by atoms with Crippen LogP contribution in [0, 0.1) is 0 Å². The van der Waals surface area contributed by atoms with Crippen molar-refractivity contribution in [3.05, 3.63) is 23.5 Å². The summed E-state index contributed by atoms with van der Waals surface area (Å²) >= 11 is 1.49. The molecular formula is C15H19N5O3S. The van der Waals surface area contributed by atoms with Gasteiger partial charge in [0.2, 0.25) is 17.7 Å². The smallest absolute Gasteiger partial charge is 0.223 e. The highest BCUT2D eigenvalue weighted by Gasteiger charge is 2.37. The zero-order valence-electron chi connectivity index (χ0n) is 13.7. The molecule has 2 unspecified atom stereocenters. The minimum absolute atomic E-state index is 0.0762. The van der Waals surface area contributed by atoms with E-state index in [1.54, 1.807) is 19.4 Å². The molecule has 0 spiro atoms. The number of thiazole rings is 1. The number of carbonyl (C=O) groups excluding carboxylic acids is 1. The Kier molecular flexibility index (Phi) is 4.91. The van der Waals surface area contributed by atoms with Crippen molar-refractivity contribution in [1.29, 1.82) is 0 Å². The van der Waals surface area contributed by atoms with Gasteiger partial charge in [0.25, 0.3) is 0 Å². The van der Waals surface area contributed by atoms with Gasteiger partial charge in [-0.15, -0.1) is 11.3 Å². The van der Waals surface area contributed by atoms with Crippen LogP contribution in [0.5, 0.6) is 11.8 Å². The van der Waals surface area contributed by atoms with Crippen molar-refractivity contribution in [2.75, 3.05) is 19.0 Å². The molecule has 3 heterocycles. The first-order chi connectivity index (χ1) is 11.5. The van der Waals surface area contributed by atoms with Crippen LogP contribution in [0.15, 0.2) is 18.6 Å². The molecule has 0 aromatic carbocycles. The SMILES string of the molecule is COc1cc(OC2CN(Cc3cnc(NC(C)=O)s3)C2C)ncn1. The first-order valence-corrected chi connectivity index (χ1v) is 8.36. The number of aromatic nitrogens is 3. The highest BCUT2D eigenvalue weighted by Crippen LogP contribution is 2.28. The lowest BCUT2D eigenvalue weighted by molar-refractivity contribution is -0.114. The molecule has 1 aliphatic heterocycles. The van der Waals surface area contributed by atoms with Crippen molar-refractivity contribution in [2.24, 2.45) is 0 Å². The molecule has 8 nitrogen and oxygen atoms in total. The fourth-order valence-corrected chi connectivity index (χ4v) is 3.32. The van der Waals surface area contributed by atoms with Crippen molar-refractivity contribution >= 4 is 22.4 Å². The Hall–Kier alpha value is -2.26. The molecule has 3 rings (SSSR count). The van der Waals surface area contributed by atoms with E-state index in [-0.39, 0.29) is 18.1 Å². The molecule has 24 heavy (non-hydrogen) atoms. The lowest BCUT2D eigenvalue weighted by atomic mass is 10.0. The predicted octanol–water partition coefficient (Wildman–Crippen LogP) is 1.55. The topological polar surface area (TPSA) is 89.5 Å². The van der Waals surface area contributed by atoms with E-state index in [1.807, 2.05) is 0 Å². The summed E-state index contributed by atoms with van der Waals surface area (Å²) in [7, 11) is 1.56. The van der Waals surface area contributed by atoms with Crippen LogP contribution >= 0.6 is 11.3 Å². The molecular weight excluding hydrogens is 330 g/mol. The van der Waals surface area contributed by atoms with Crippen molar-refractivity contribution in [1.82, 2.24) is 19.9 Å². The number of rotatable bonds is 6. The van der Waals surface area contributed by atoms with Gasteiger partial charge in [0.05, 0.1) is 13.2 Å². The standard InChI is InChI=1S/C15H19N5O3S/c1-9-12(23-14-4-13(22-3)17-8-18-14)7-20(9)6-11-5-16-15(24-11)19-10(2)21/h4-5,8-9,12H,6-7H2,1-3H3,(H,16,19,21). The normalized spacial score (nSPS) is 20.3. The summed E-state index contributed by atoms with van der Waals surface area (Å²) in [6.07, 6.45) is 3.30. The van der Waals surface area contributed by atoms with Gasteiger partial charge in [-0.2, -0.15) is 0 Å². The Bertz CT molecular complexity index is 723. The number of hydrogen-bond donors (Lipinski definition) is 1. The Morgan fingerprint density at radius 2 is 2.21 bits per heavy atom. The molecule has 1 amide bonds. The lowest BCUT2D eigenvalue weighted by Crippen LogP contribution is -2.60. The van der Waals surface area contributed by atoms with Crippen LogP contribution in [0.25, 0.3) is 0 Å². The monoisotopic (exact) mass is 349 g/mol. The fraction of sp³-hybridized carbons (Fsp3) is 0.467. The van der Waals surface area contributed by atoms with Crippen molar-refractivity contribution < 1.29 is 14.3 Å². The summed E-state index contributed by atoms with van der Waals surface area (Å²) in [6.45, 7) is 5.18. The Morgan fingerprint density at radius 3 is 2.92 bits per heavy atom. The van der Waals surface area contributed by atoms with E-state index in [1.165, 1.54) is 24.6 Å². The van der Waals surface area contributed by atoms with Gasteiger partial charge in [-0.1, -0.05) is 0 Å². The number of ether oxygens (including phenoxy) is 2. The summed E-state index contributed by atoms with van der Waals surface area (Å²) in [5.74, 6) is 0.894. The molecule has 128 valence electrons. The second-order valence-electron chi connectivity index (χ2n) is 5.54. The van der Waals surface area contributed by atoms with Gasteiger partial charge in [-0.05, 0) is 6.92 Å². The number of methoxy groups -OCH3 is 1. The van der Waals surface area contributed by atoms with Gasteiger partial charge in [0.1, 0.15) is 12.4 Å². The van der Waals surface area contributed by atoms with Crippen molar-refractivity contribution in [3.8, 4) is 11.8 Å². The van der Waals surface area contributed by atoms with E-state index in [0.29, 0.717) is 16.9 Å². The average Bonchev–Trinajstić information content (AvgIpc) is 3.00. The van der Waals surface area contributed by atoms with Crippen molar-refractivity contribution in [2.45, 2.75) is 32.5 Å². The first kappa shape index (κ1) is 16.6. The van der Waals surface area contributed by atoms with Crippen LogP contribution in [0.3, 0.4) is 0 Å². The molecule has 9 heteroatoms. The summed E-state index contributed by atoms with van der Waals surface area (Å²) in [5, 5.41) is 3.33. The third-order valence-corrected chi connectivity index (χ3v) is 4.72. The molecule has 0 bridgehead atoms. The maximum absolute atomic E-state index is 11.0. The van der Waals surface area contributed by atoms with Gasteiger partial charge in [0, 0.05) is 37.1 Å². The molecule has 0 aliphatic carbocycles. The largest absolute Gasteiger partial charge is 0.481 e. The van der Waals surface area contributed by atoms with Crippen LogP contribution in [-0.2, 0) is 11.3 Å². The van der Waals surface area contributed by atoms with Gasteiger partial charge < -0.3 is 14.8 Å². The van der Waals surface area contributed by atoms with Gasteiger partial charge in [-0.3, -0.25) is 9.69 Å². The first-order valence-electron chi connectivity index (χ1n) is 7.54. The highest BCUT2D eigenvalue weighted by atomic mass is 32.1. The number of amides is 1. The quantitative estimate of drug-likeness (QED) is 0.846. The minimum atomic E-state index is -0.109. The average molecular weight is 349 g/mol. The van der Waals surface area contributed by atoms with E-state index < -0.39 is 0 Å². The van der Waals surface area contributed by atoms with E-state index in [9.17, 15) is 4.79 Å². The number of hydrogen-bond acceptors (Lipinski definition) is 8. The lowest BCUT2D eigenvalue weighted by Gasteiger charge is -2.45. The van der Waals surface area contributed by atoms with Crippen molar-refractivity contribution in [3.63, 3.8) is 0 Å². The van der Waals surface area contributed by atoms with Gasteiger partial charge in [0.15, 0.2) is 5.13 Å². The van der Waals surface area contributed by atoms with Crippen LogP contribution in [-0.4, -0.2) is 51.6 Å². The van der Waals surface area contributed by atoms with E-state index in [2.05, 4.69) is 32.1 Å². The second kappa shape index (κ2) is 7.10. The van der Waals surface area contributed by atoms with Crippen LogP contribution < -0.4 is 14.8 Å². The van der Waals surface area contributed by atoms with Gasteiger partial charge in [-0.25, -0.2) is 15.0 Å². The third kappa shape index (κ3) is 3.80. The minimum Gasteiger partial charge on any atom is -0.481 e. The predicted molar refractivity (Wildman–Crippen MR) is 89.3 cm³/mol. The second-order valence-corrected chi connectivity index (χ2v) is 6.65. The van der Waals surface area contributed by atoms with E-state index >= 15 is 0 Å². The molecule has 1 aliphatic rings. The molecule has 0 radical (unpaired) electrons. The Balaban J connectivity index is 1.52. The highest BCUT2D eigenvalue weighted by molar-refractivity contribution is 7.15. The number of likely N-dealkylation sites (tertiary alicyclic amines) is 1. The summed E-state index contributed by atoms with van der Waals surface area (Å²) in [4.78, 5) is 26.7. The molecule has 0 saturated carbocycles. The fourth-order valence-electron chi connectivity index (χ4n) is 2.43. The number of nitrogens with zero attached hydrogens (tertiary/aromatic N) is 4. The van der Waals surface area contributed by atoms with Crippen LogP contribution in [0.1, 0.15) is 18.7 Å². The maximum Gasteiger partial charge on any atom is 0.223 e. The van der Waals surface area contributed by atoms with Gasteiger partial charge >= 0.3 is 0 Å². The molecule has 2 aromatic rings. The zero-order valence-corrected chi connectivity index (χ0v) is 14.5. The summed E-state index contributed by atoms with van der Waals surface area (Å²) in [5.41, 5.74) is 0. The number of anilines is 1. The molecule has 1 fully saturated rings. The van der Waals surface area contributed by atoms with Crippen LogP contribution in [0.4, 0.5) is 5.13 Å². The zero-order chi connectivity index (χ0) is 17.1. The maximum atomic E-state index is 11.0. The van der Waals surface area contributed by atoms with E-state index in [4.69, 9.17) is 9.47 Å². The summed E-state index contributed by atoms with van der Waals surface area (Å²) < 4.78 is 11.0. The summed E-state index contributed by atoms with van der Waals surface area (Å²) in [6, 6.07) is 1.94. The van der Waals surface area contributed by atoms with E-state index in [0.717, 1.165) is 18.0 Å². The third-order valence-electron chi connectivity index (χ3n) is 3.82. The number of nitrogens with one attached hydrogen (secondary N) is 1. The molecule has 2 aromatic heterocycles. The Labute approximate surface area is 143 Å². The molecule has 1 N–H and O–H groups in total. The molecule has 2 atom stereocenters. The number of carbonyl (C=O) groups is 1. The molecule has 1 saturated heterocycles. The van der Waals surface area contributed by atoms with Crippen LogP contribution in [0.2, 0.25) is 0 Å². The Morgan fingerprint density at radius 1 is 1.42 bits per heavy atom.